The molecule has 0 saturated heterocycles. The minimum atomic E-state index is -0.0852. The Labute approximate surface area is 142 Å². The van der Waals surface area contributed by atoms with E-state index < -0.39 is 0 Å². The molecule has 4 heteroatoms. The van der Waals surface area contributed by atoms with Gasteiger partial charge in [0.1, 0.15) is 0 Å². The number of carbonyl (C=O) groups excluding carboxylic acids is 2. The van der Waals surface area contributed by atoms with Gasteiger partial charge in [0.2, 0.25) is 5.91 Å². The largest absolute Gasteiger partial charge is 0.349 e. The molecule has 1 aliphatic rings. The van der Waals surface area contributed by atoms with Crippen LogP contribution in [0.1, 0.15) is 39.9 Å². The van der Waals surface area contributed by atoms with Crippen LogP contribution in [0.4, 0.5) is 5.69 Å². The zero-order chi connectivity index (χ0) is 17.1. The van der Waals surface area contributed by atoms with E-state index in [1.165, 1.54) is 11.1 Å². The van der Waals surface area contributed by atoms with E-state index >= 15 is 0 Å². The van der Waals surface area contributed by atoms with Gasteiger partial charge in [-0.3, -0.25) is 9.59 Å². The third-order valence-electron chi connectivity index (χ3n) is 4.26. The minimum Gasteiger partial charge on any atom is -0.349 e. The Morgan fingerprint density at radius 3 is 2.54 bits per heavy atom. The SMILES string of the molecule is Cc1ccc(CC(=O)Nc2cccc(C(=O)NC3CC3)c2)cc1C. The average molecular weight is 322 g/mol. The van der Waals surface area contributed by atoms with Gasteiger partial charge in [0, 0.05) is 17.3 Å². The molecule has 2 amide bonds. The van der Waals surface area contributed by atoms with Crippen LogP contribution in [0, 0.1) is 13.8 Å². The Morgan fingerprint density at radius 1 is 1.04 bits per heavy atom. The Kier molecular flexibility index (Phi) is 4.65. The van der Waals surface area contributed by atoms with Crippen LogP contribution in [-0.4, -0.2) is 17.9 Å². The second kappa shape index (κ2) is 6.87. The minimum absolute atomic E-state index is 0.0808. The summed E-state index contributed by atoms with van der Waals surface area (Å²) in [7, 11) is 0. The fourth-order valence-electron chi connectivity index (χ4n) is 2.54. The maximum Gasteiger partial charge on any atom is 0.251 e. The summed E-state index contributed by atoms with van der Waals surface area (Å²) in [5.41, 5.74) is 4.60. The summed E-state index contributed by atoms with van der Waals surface area (Å²) in [6.45, 7) is 4.09. The van der Waals surface area contributed by atoms with Crippen molar-refractivity contribution in [3.05, 3.63) is 64.7 Å². The summed E-state index contributed by atoms with van der Waals surface area (Å²) in [6, 6.07) is 13.4. The molecule has 0 spiro atoms. The van der Waals surface area contributed by atoms with Crippen molar-refractivity contribution in [3.8, 4) is 0 Å². The first kappa shape index (κ1) is 16.2. The number of rotatable bonds is 5. The van der Waals surface area contributed by atoms with Crippen LogP contribution in [0.3, 0.4) is 0 Å². The summed E-state index contributed by atoms with van der Waals surface area (Å²) >= 11 is 0. The molecule has 1 aliphatic carbocycles. The van der Waals surface area contributed by atoms with E-state index in [1.54, 1.807) is 24.3 Å². The summed E-state index contributed by atoms with van der Waals surface area (Å²) in [6.07, 6.45) is 2.43. The topological polar surface area (TPSA) is 58.2 Å². The van der Waals surface area contributed by atoms with Crippen LogP contribution in [0.2, 0.25) is 0 Å². The molecule has 4 nitrogen and oxygen atoms in total. The first-order valence-corrected chi connectivity index (χ1v) is 8.28. The van der Waals surface area contributed by atoms with Crippen molar-refractivity contribution in [2.75, 3.05) is 5.32 Å². The average Bonchev–Trinajstić information content (AvgIpc) is 3.35. The van der Waals surface area contributed by atoms with E-state index in [1.807, 2.05) is 25.1 Å². The van der Waals surface area contributed by atoms with Crippen molar-refractivity contribution < 1.29 is 9.59 Å². The molecule has 0 unspecified atom stereocenters. The second-order valence-electron chi connectivity index (χ2n) is 6.47. The Bertz CT molecular complexity index is 779. The standard InChI is InChI=1S/C20H22N2O2/c1-13-6-7-15(10-14(13)2)11-19(23)21-18-5-3-4-16(12-18)20(24)22-17-8-9-17/h3-7,10,12,17H,8-9,11H2,1-2H3,(H,21,23)(H,22,24). The van der Waals surface area contributed by atoms with Crippen LogP contribution in [-0.2, 0) is 11.2 Å². The predicted octanol–water partition coefficient (Wildman–Crippen LogP) is 3.38. The van der Waals surface area contributed by atoms with E-state index in [9.17, 15) is 9.59 Å². The van der Waals surface area contributed by atoms with Crippen molar-refractivity contribution in [2.45, 2.75) is 39.2 Å². The second-order valence-corrected chi connectivity index (χ2v) is 6.47. The summed E-state index contributed by atoms with van der Waals surface area (Å²) in [4.78, 5) is 24.3. The monoisotopic (exact) mass is 322 g/mol. The third kappa shape index (κ3) is 4.22. The van der Waals surface area contributed by atoms with Crippen molar-refractivity contribution in [2.24, 2.45) is 0 Å². The van der Waals surface area contributed by atoms with Crippen molar-refractivity contribution >= 4 is 17.5 Å². The maximum atomic E-state index is 12.2. The van der Waals surface area contributed by atoms with Gasteiger partial charge in [0.05, 0.1) is 6.42 Å². The van der Waals surface area contributed by atoms with Crippen LogP contribution < -0.4 is 10.6 Å². The Hall–Kier alpha value is -2.62. The van der Waals surface area contributed by atoms with E-state index in [2.05, 4.69) is 17.6 Å². The number of nitrogens with one attached hydrogen (secondary N) is 2. The van der Waals surface area contributed by atoms with Crippen molar-refractivity contribution in [3.63, 3.8) is 0 Å². The molecule has 0 aromatic heterocycles. The molecule has 1 fully saturated rings. The van der Waals surface area contributed by atoms with E-state index in [-0.39, 0.29) is 11.8 Å². The highest BCUT2D eigenvalue weighted by atomic mass is 16.2. The summed E-state index contributed by atoms with van der Waals surface area (Å²) in [5.74, 6) is -0.166. The first-order chi connectivity index (χ1) is 11.5. The van der Waals surface area contributed by atoms with Gasteiger partial charge in [-0.15, -0.1) is 0 Å². The van der Waals surface area contributed by atoms with Gasteiger partial charge in [-0.25, -0.2) is 0 Å². The Balaban J connectivity index is 1.63. The molecule has 0 atom stereocenters. The highest BCUT2D eigenvalue weighted by molar-refractivity contribution is 5.97. The van der Waals surface area contributed by atoms with Gasteiger partial charge >= 0.3 is 0 Å². The van der Waals surface area contributed by atoms with Crippen LogP contribution in [0.25, 0.3) is 0 Å². The molecule has 0 radical (unpaired) electrons. The highest BCUT2D eigenvalue weighted by Crippen LogP contribution is 2.20. The first-order valence-electron chi connectivity index (χ1n) is 8.28. The molecule has 24 heavy (non-hydrogen) atoms. The zero-order valence-electron chi connectivity index (χ0n) is 14.1. The lowest BCUT2D eigenvalue weighted by molar-refractivity contribution is -0.115. The molecule has 2 aromatic carbocycles. The molecule has 3 rings (SSSR count). The molecular formula is C20H22N2O2. The van der Waals surface area contributed by atoms with Crippen molar-refractivity contribution in [1.82, 2.24) is 5.32 Å². The fourth-order valence-corrected chi connectivity index (χ4v) is 2.54. The molecule has 2 aromatic rings. The molecule has 1 saturated carbocycles. The van der Waals surface area contributed by atoms with Crippen LogP contribution in [0.15, 0.2) is 42.5 Å². The van der Waals surface area contributed by atoms with E-state index in [0.29, 0.717) is 23.7 Å². The van der Waals surface area contributed by atoms with Gasteiger partial charge < -0.3 is 10.6 Å². The number of hydrogen-bond acceptors (Lipinski definition) is 2. The summed E-state index contributed by atoms with van der Waals surface area (Å²) in [5, 5.41) is 5.82. The van der Waals surface area contributed by atoms with Gasteiger partial charge in [-0.2, -0.15) is 0 Å². The predicted molar refractivity (Wildman–Crippen MR) is 95.2 cm³/mol. The van der Waals surface area contributed by atoms with E-state index in [4.69, 9.17) is 0 Å². The molecular weight excluding hydrogens is 300 g/mol. The fraction of sp³-hybridized carbons (Fsp3) is 0.300. The summed E-state index contributed by atoms with van der Waals surface area (Å²) < 4.78 is 0. The van der Waals surface area contributed by atoms with Crippen LogP contribution in [0.5, 0.6) is 0 Å². The van der Waals surface area contributed by atoms with E-state index in [0.717, 1.165) is 18.4 Å². The van der Waals surface area contributed by atoms with Gasteiger partial charge in [-0.1, -0.05) is 24.3 Å². The number of benzene rings is 2. The number of carbonyl (C=O) groups is 2. The molecule has 0 aliphatic heterocycles. The highest BCUT2D eigenvalue weighted by Gasteiger charge is 2.23. The molecule has 0 bridgehead atoms. The normalized spacial score (nSPS) is 13.4. The van der Waals surface area contributed by atoms with Crippen LogP contribution >= 0.6 is 0 Å². The number of hydrogen-bond donors (Lipinski definition) is 2. The Morgan fingerprint density at radius 2 is 1.83 bits per heavy atom. The lowest BCUT2D eigenvalue weighted by atomic mass is 10.0. The number of aryl methyl sites for hydroxylation is 2. The molecule has 2 N–H and O–H groups in total. The number of anilines is 1. The molecule has 0 heterocycles. The smallest absolute Gasteiger partial charge is 0.251 e. The van der Waals surface area contributed by atoms with Gasteiger partial charge in [-0.05, 0) is 61.6 Å². The third-order valence-corrected chi connectivity index (χ3v) is 4.26. The lowest BCUT2D eigenvalue weighted by Gasteiger charge is -2.09. The van der Waals surface area contributed by atoms with Gasteiger partial charge in [0.15, 0.2) is 0 Å². The molecule has 124 valence electrons. The number of amides is 2. The lowest BCUT2D eigenvalue weighted by Crippen LogP contribution is -2.25. The van der Waals surface area contributed by atoms with Gasteiger partial charge in [0.25, 0.3) is 5.91 Å². The zero-order valence-corrected chi connectivity index (χ0v) is 14.1. The maximum absolute atomic E-state index is 12.2. The quantitative estimate of drug-likeness (QED) is 0.886. The van der Waals surface area contributed by atoms with Crippen molar-refractivity contribution in [1.29, 1.82) is 0 Å².